The fourth-order valence-electron chi connectivity index (χ4n) is 3.59. The molecule has 0 spiro atoms. The van der Waals surface area contributed by atoms with Gasteiger partial charge in [-0.3, -0.25) is 0 Å². The van der Waals surface area contributed by atoms with Crippen LogP contribution in [0.3, 0.4) is 0 Å². The second-order valence-electron chi connectivity index (χ2n) is 7.23. The van der Waals surface area contributed by atoms with Gasteiger partial charge < -0.3 is 5.32 Å². The van der Waals surface area contributed by atoms with Gasteiger partial charge in [-0.25, -0.2) is 10.5 Å². The SMILES string of the molecule is CC1(C)C(/C=C/Nc2ccccc2)=[N+](CCCSOOO)c2ccc(SOOO)cc21. The van der Waals surface area contributed by atoms with Crippen molar-refractivity contribution in [3.63, 3.8) is 0 Å². The molecule has 0 fully saturated rings. The molecule has 0 unspecified atom stereocenters. The number of hydrogen-bond donors (Lipinski definition) is 3. The third-order valence-corrected chi connectivity index (χ3v) is 6.16. The van der Waals surface area contributed by atoms with E-state index in [1.807, 2.05) is 54.7 Å². The van der Waals surface area contributed by atoms with Crippen LogP contribution < -0.4 is 5.32 Å². The Labute approximate surface area is 189 Å². The molecule has 0 aliphatic carbocycles. The van der Waals surface area contributed by atoms with E-state index in [0.29, 0.717) is 5.75 Å². The molecular formula is C21H25N2O6S2+. The lowest BCUT2D eigenvalue weighted by Crippen LogP contribution is -2.28. The van der Waals surface area contributed by atoms with Gasteiger partial charge in [0.25, 0.3) is 0 Å². The molecule has 166 valence electrons. The predicted molar refractivity (Wildman–Crippen MR) is 121 cm³/mol. The lowest BCUT2D eigenvalue weighted by molar-refractivity contribution is -0.438. The summed E-state index contributed by atoms with van der Waals surface area (Å²) < 4.78 is 11.3. The Morgan fingerprint density at radius 1 is 1.06 bits per heavy atom. The molecule has 8 nitrogen and oxygen atoms in total. The van der Waals surface area contributed by atoms with Gasteiger partial charge in [-0.05, 0) is 38.1 Å². The summed E-state index contributed by atoms with van der Waals surface area (Å²) >= 11 is 1.99. The Morgan fingerprint density at radius 2 is 1.84 bits per heavy atom. The number of para-hydroxylation sites is 1. The van der Waals surface area contributed by atoms with Gasteiger partial charge in [-0.1, -0.05) is 28.3 Å². The summed E-state index contributed by atoms with van der Waals surface area (Å²) in [5, 5.41) is 27.4. The number of fused-ring (bicyclic) bond motifs is 1. The molecular weight excluding hydrogens is 440 g/mol. The molecule has 2 aromatic rings. The first kappa shape index (κ1) is 23.8. The van der Waals surface area contributed by atoms with E-state index in [4.69, 9.17) is 10.5 Å². The lowest BCUT2D eigenvalue weighted by Gasteiger charge is -2.16. The normalized spacial score (nSPS) is 15.0. The van der Waals surface area contributed by atoms with Crippen molar-refractivity contribution in [1.29, 1.82) is 0 Å². The van der Waals surface area contributed by atoms with Crippen molar-refractivity contribution < 1.29 is 33.8 Å². The number of rotatable bonds is 12. The summed E-state index contributed by atoms with van der Waals surface area (Å²) in [7, 11) is 0. The largest absolute Gasteiger partial charge is 0.361 e. The van der Waals surface area contributed by atoms with Gasteiger partial charge in [0, 0.05) is 58.7 Å². The van der Waals surface area contributed by atoms with E-state index in [2.05, 4.69) is 48.6 Å². The molecule has 0 aromatic heterocycles. The third-order valence-electron chi connectivity index (χ3n) is 4.98. The summed E-state index contributed by atoms with van der Waals surface area (Å²) in [5.41, 5.74) is 4.12. The molecule has 3 rings (SSSR count). The smallest absolute Gasteiger partial charge is 0.209 e. The standard InChI is InChI=1S/C21H24N2O6S2/c1-21(2)18-15-17(31-29-27-25)9-10-19(18)23(13-6-14-30-28-26-24)20(21)11-12-22-16-7-4-3-5-8-16/h3-5,7-12,15,24-25H,6,13-14H2,1-2H3/p+1. The number of benzene rings is 2. The van der Waals surface area contributed by atoms with Crippen LogP contribution in [0.2, 0.25) is 0 Å². The zero-order valence-corrected chi connectivity index (χ0v) is 18.8. The Morgan fingerprint density at radius 3 is 2.58 bits per heavy atom. The molecule has 2 aromatic carbocycles. The van der Waals surface area contributed by atoms with Gasteiger partial charge in [-0.2, -0.15) is 4.58 Å². The van der Waals surface area contributed by atoms with Gasteiger partial charge in [-0.15, -0.1) is 8.67 Å². The first-order valence-electron chi connectivity index (χ1n) is 9.60. The molecule has 1 heterocycles. The summed E-state index contributed by atoms with van der Waals surface area (Å²) in [6.45, 7) is 5.10. The highest BCUT2D eigenvalue weighted by Gasteiger charge is 2.44. The molecule has 31 heavy (non-hydrogen) atoms. The second-order valence-corrected chi connectivity index (χ2v) is 8.78. The number of nitrogens with zero attached hydrogens (tertiary/aromatic N) is 1. The van der Waals surface area contributed by atoms with Gasteiger partial charge in [0.2, 0.25) is 5.69 Å². The highest BCUT2D eigenvalue weighted by Crippen LogP contribution is 2.42. The van der Waals surface area contributed by atoms with Crippen molar-refractivity contribution >= 4 is 41.2 Å². The van der Waals surface area contributed by atoms with Gasteiger partial charge in [0.05, 0.1) is 17.5 Å². The summed E-state index contributed by atoms with van der Waals surface area (Å²) in [5.74, 6) is 0.654. The monoisotopic (exact) mass is 465 g/mol. The highest BCUT2D eigenvalue weighted by molar-refractivity contribution is 7.94. The van der Waals surface area contributed by atoms with Crippen molar-refractivity contribution in [1.82, 2.24) is 0 Å². The van der Waals surface area contributed by atoms with Crippen molar-refractivity contribution in [2.75, 3.05) is 17.6 Å². The summed E-state index contributed by atoms with van der Waals surface area (Å²) in [4.78, 5) is 0.817. The lowest BCUT2D eigenvalue weighted by atomic mass is 9.81. The quantitative estimate of drug-likeness (QED) is 0.122. The van der Waals surface area contributed by atoms with Crippen molar-refractivity contribution in [2.24, 2.45) is 0 Å². The highest BCUT2D eigenvalue weighted by atomic mass is 32.2. The average molecular weight is 466 g/mol. The minimum atomic E-state index is -0.265. The summed E-state index contributed by atoms with van der Waals surface area (Å²) in [6, 6.07) is 15.9. The maximum Gasteiger partial charge on any atom is 0.209 e. The van der Waals surface area contributed by atoms with Crippen LogP contribution in [-0.2, 0) is 24.2 Å². The molecule has 3 N–H and O–H groups in total. The van der Waals surface area contributed by atoms with Crippen molar-refractivity contribution in [3.05, 3.63) is 66.4 Å². The molecule has 10 heteroatoms. The fraction of sp³-hybridized carbons (Fsp3) is 0.286. The third kappa shape index (κ3) is 6.09. The van der Waals surface area contributed by atoms with E-state index in [9.17, 15) is 0 Å². The maximum atomic E-state index is 8.45. The van der Waals surface area contributed by atoms with E-state index in [0.717, 1.165) is 64.6 Å². The van der Waals surface area contributed by atoms with E-state index in [1.165, 1.54) is 0 Å². The first-order valence-corrected chi connectivity index (χ1v) is 11.2. The predicted octanol–water partition coefficient (Wildman–Crippen LogP) is 5.58. The molecule has 0 radical (unpaired) electrons. The topological polar surface area (TPSA) is 92.4 Å². The molecule has 0 atom stereocenters. The minimum Gasteiger partial charge on any atom is -0.361 e. The molecule has 0 amide bonds. The van der Waals surface area contributed by atoms with Crippen LogP contribution in [-0.4, -0.2) is 33.1 Å². The zero-order valence-electron chi connectivity index (χ0n) is 17.2. The second kappa shape index (κ2) is 11.7. The van der Waals surface area contributed by atoms with Gasteiger partial charge >= 0.3 is 0 Å². The fourth-order valence-corrected chi connectivity index (χ4v) is 4.35. The minimum absolute atomic E-state index is 0.265. The Balaban J connectivity index is 1.86. The van der Waals surface area contributed by atoms with Gasteiger partial charge in [0.15, 0.2) is 5.71 Å². The van der Waals surface area contributed by atoms with Crippen LogP contribution in [0.25, 0.3) is 0 Å². The Hall–Kier alpha value is -1.89. The van der Waals surface area contributed by atoms with Crippen LogP contribution in [0.5, 0.6) is 0 Å². The summed E-state index contributed by atoms with van der Waals surface area (Å²) in [6.07, 6.45) is 4.85. The van der Waals surface area contributed by atoms with Gasteiger partial charge in [0.1, 0.15) is 6.54 Å². The van der Waals surface area contributed by atoms with Crippen LogP contribution in [0.4, 0.5) is 11.4 Å². The van der Waals surface area contributed by atoms with E-state index in [-0.39, 0.29) is 5.41 Å². The molecule has 1 aliphatic heterocycles. The molecule has 0 saturated carbocycles. The maximum absolute atomic E-state index is 8.45. The Kier molecular flexibility index (Phi) is 8.93. The number of anilines is 1. The van der Waals surface area contributed by atoms with Crippen LogP contribution in [0.1, 0.15) is 25.8 Å². The van der Waals surface area contributed by atoms with Crippen LogP contribution in [0.15, 0.2) is 65.7 Å². The van der Waals surface area contributed by atoms with Crippen LogP contribution >= 0.6 is 24.1 Å². The van der Waals surface area contributed by atoms with E-state index >= 15 is 0 Å². The first-order chi connectivity index (χ1) is 15.1. The van der Waals surface area contributed by atoms with E-state index < -0.39 is 0 Å². The zero-order chi connectivity index (χ0) is 22.1. The van der Waals surface area contributed by atoms with Crippen molar-refractivity contribution in [2.45, 2.75) is 30.6 Å². The molecule has 0 saturated heterocycles. The van der Waals surface area contributed by atoms with Crippen molar-refractivity contribution in [3.8, 4) is 0 Å². The molecule has 1 aliphatic rings. The average Bonchev–Trinajstić information content (AvgIpc) is 2.99. The number of nitrogens with one attached hydrogen (secondary N) is 1. The van der Waals surface area contributed by atoms with E-state index in [1.54, 1.807) is 0 Å². The number of allylic oxidation sites excluding steroid dienone is 1. The Bertz CT molecular complexity index is 921. The van der Waals surface area contributed by atoms with Crippen LogP contribution in [0, 0.1) is 0 Å². The molecule has 0 bridgehead atoms. The number of hydrogen-bond acceptors (Lipinski definition) is 9.